The lowest BCUT2D eigenvalue weighted by atomic mass is 10.2. The van der Waals surface area contributed by atoms with Crippen molar-refractivity contribution in [1.29, 1.82) is 0 Å². The van der Waals surface area contributed by atoms with Crippen molar-refractivity contribution in [2.45, 2.75) is 57.4 Å². The van der Waals surface area contributed by atoms with E-state index in [1.165, 1.54) is 29.9 Å². The summed E-state index contributed by atoms with van der Waals surface area (Å²) in [5, 5.41) is 18.4. The molecule has 0 aliphatic heterocycles. The largest absolute Gasteiger partial charge is 0.356 e. The van der Waals surface area contributed by atoms with Crippen LogP contribution in [0.3, 0.4) is 0 Å². The summed E-state index contributed by atoms with van der Waals surface area (Å²) in [4.78, 5) is 6.18. The first-order valence-electron chi connectivity index (χ1n) is 9.69. The Morgan fingerprint density at radius 3 is 2.93 bits per heavy atom. The van der Waals surface area contributed by atoms with Gasteiger partial charge in [-0.25, -0.2) is 4.99 Å². The fraction of sp³-hybridized carbons (Fsp3) is 0.632. The van der Waals surface area contributed by atoms with Gasteiger partial charge in [0.2, 0.25) is 0 Å². The van der Waals surface area contributed by atoms with Crippen molar-refractivity contribution in [2.24, 2.45) is 12.0 Å². The summed E-state index contributed by atoms with van der Waals surface area (Å²) in [7, 11) is 1.99. The van der Waals surface area contributed by atoms with E-state index in [2.05, 4.69) is 57.0 Å². The molecule has 2 aromatic rings. The third kappa shape index (κ3) is 6.91. The minimum Gasteiger partial charge on any atom is -0.356 e. The standard InChI is InChI=1S/C19H30N6S2.HI/c1-4-26-17-8-7-15(12-17)22-19(20-10-9-16-6-5-11-27-16)21-13-18-24-23-14(2)25(18)3;/h5-6,11,15,17H,4,7-10,12-13H2,1-3H3,(H2,20,21,22);1H. The molecular formula is C19H31IN6S2. The molecule has 0 spiro atoms. The van der Waals surface area contributed by atoms with Crippen LogP contribution in [0.1, 0.15) is 42.7 Å². The van der Waals surface area contributed by atoms with Gasteiger partial charge in [0, 0.05) is 29.8 Å². The van der Waals surface area contributed by atoms with Crippen LogP contribution < -0.4 is 10.6 Å². The number of hydrogen-bond acceptors (Lipinski definition) is 5. The van der Waals surface area contributed by atoms with E-state index in [4.69, 9.17) is 4.99 Å². The number of thiophene rings is 1. The predicted molar refractivity (Wildman–Crippen MR) is 131 cm³/mol. The van der Waals surface area contributed by atoms with Gasteiger partial charge in [-0.05, 0) is 49.8 Å². The van der Waals surface area contributed by atoms with Gasteiger partial charge in [0.05, 0.1) is 0 Å². The number of aromatic nitrogens is 3. The molecule has 6 nitrogen and oxygen atoms in total. The predicted octanol–water partition coefficient (Wildman–Crippen LogP) is 3.76. The molecule has 156 valence electrons. The Morgan fingerprint density at radius 1 is 1.39 bits per heavy atom. The molecule has 1 fully saturated rings. The molecular weight excluding hydrogens is 503 g/mol. The van der Waals surface area contributed by atoms with Crippen LogP contribution in [0.15, 0.2) is 22.5 Å². The number of aliphatic imine (C=N–C) groups is 1. The van der Waals surface area contributed by atoms with Crippen molar-refractivity contribution in [2.75, 3.05) is 12.3 Å². The van der Waals surface area contributed by atoms with Crippen LogP contribution in [0.2, 0.25) is 0 Å². The van der Waals surface area contributed by atoms with Crippen LogP contribution in [-0.4, -0.2) is 44.3 Å². The maximum atomic E-state index is 4.79. The van der Waals surface area contributed by atoms with Crippen molar-refractivity contribution in [1.82, 2.24) is 25.4 Å². The van der Waals surface area contributed by atoms with E-state index >= 15 is 0 Å². The quantitative estimate of drug-likeness (QED) is 0.307. The second kappa shape index (κ2) is 12.0. The molecule has 0 aromatic carbocycles. The molecule has 3 rings (SSSR count). The van der Waals surface area contributed by atoms with E-state index in [0.29, 0.717) is 12.6 Å². The highest BCUT2D eigenvalue weighted by atomic mass is 127. The lowest BCUT2D eigenvalue weighted by Crippen LogP contribution is -2.43. The molecule has 0 saturated heterocycles. The third-order valence-corrected chi connectivity index (χ3v) is 7.10. The van der Waals surface area contributed by atoms with E-state index in [1.54, 1.807) is 11.3 Å². The Morgan fingerprint density at radius 2 is 2.25 bits per heavy atom. The van der Waals surface area contributed by atoms with Gasteiger partial charge in [0.15, 0.2) is 11.8 Å². The highest BCUT2D eigenvalue weighted by Crippen LogP contribution is 2.29. The Kier molecular flexibility index (Phi) is 10.1. The normalized spacial score (nSPS) is 19.5. The van der Waals surface area contributed by atoms with Crippen LogP contribution >= 0.6 is 47.1 Å². The van der Waals surface area contributed by atoms with Gasteiger partial charge >= 0.3 is 0 Å². The second-order valence-electron chi connectivity index (χ2n) is 6.88. The smallest absolute Gasteiger partial charge is 0.191 e. The molecule has 2 N–H and O–H groups in total. The Hall–Kier alpha value is -0.810. The number of hydrogen-bond donors (Lipinski definition) is 2. The lowest BCUT2D eigenvalue weighted by Gasteiger charge is -2.18. The van der Waals surface area contributed by atoms with E-state index in [-0.39, 0.29) is 24.0 Å². The Bertz CT molecular complexity index is 731. The average molecular weight is 535 g/mol. The molecule has 2 unspecified atom stereocenters. The molecule has 2 aromatic heterocycles. The summed E-state index contributed by atoms with van der Waals surface area (Å²) in [6, 6.07) is 4.79. The van der Waals surface area contributed by atoms with E-state index < -0.39 is 0 Å². The van der Waals surface area contributed by atoms with Crippen molar-refractivity contribution in [3.8, 4) is 0 Å². The van der Waals surface area contributed by atoms with Crippen LogP contribution in [0, 0.1) is 6.92 Å². The lowest BCUT2D eigenvalue weighted by molar-refractivity contribution is 0.611. The zero-order valence-electron chi connectivity index (χ0n) is 16.9. The molecule has 28 heavy (non-hydrogen) atoms. The molecule has 1 saturated carbocycles. The maximum absolute atomic E-state index is 4.79. The number of nitrogens with one attached hydrogen (secondary N) is 2. The first-order valence-corrected chi connectivity index (χ1v) is 11.6. The highest BCUT2D eigenvalue weighted by Gasteiger charge is 2.25. The Balaban J connectivity index is 0.00000280. The average Bonchev–Trinajstić information content (AvgIpc) is 3.38. The highest BCUT2D eigenvalue weighted by molar-refractivity contribution is 14.0. The molecule has 2 atom stereocenters. The third-order valence-electron chi connectivity index (χ3n) is 4.93. The number of nitrogens with zero attached hydrogens (tertiary/aromatic N) is 4. The van der Waals surface area contributed by atoms with Crippen molar-refractivity contribution < 1.29 is 0 Å². The topological polar surface area (TPSA) is 67.1 Å². The zero-order valence-corrected chi connectivity index (χ0v) is 20.8. The molecule has 1 aliphatic carbocycles. The number of guanidine groups is 1. The molecule has 0 amide bonds. The van der Waals surface area contributed by atoms with Gasteiger partial charge in [-0.2, -0.15) is 11.8 Å². The summed E-state index contributed by atoms with van der Waals surface area (Å²) in [5.74, 6) is 3.88. The van der Waals surface area contributed by atoms with E-state index in [0.717, 1.165) is 35.8 Å². The molecule has 1 aliphatic rings. The maximum Gasteiger partial charge on any atom is 0.191 e. The number of thioether (sulfide) groups is 1. The number of halogens is 1. The molecule has 9 heteroatoms. The minimum absolute atomic E-state index is 0. The Labute approximate surface area is 193 Å². The first-order chi connectivity index (χ1) is 13.2. The van der Waals surface area contributed by atoms with Gasteiger partial charge < -0.3 is 15.2 Å². The minimum atomic E-state index is 0. The summed E-state index contributed by atoms with van der Waals surface area (Å²) >= 11 is 3.88. The van der Waals surface area contributed by atoms with E-state index in [1.807, 2.05) is 18.5 Å². The molecule has 0 bridgehead atoms. The van der Waals surface area contributed by atoms with Crippen molar-refractivity contribution >= 4 is 53.0 Å². The number of rotatable bonds is 8. The number of aryl methyl sites for hydroxylation is 1. The van der Waals surface area contributed by atoms with Crippen LogP contribution in [0.5, 0.6) is 0 Å². The van der Waals surface area contributed by atoms with Gasteiger partial charge in [-0.1, -0.05) is 13.0 Å². The van der Waals surface area contributed by atoms with Crippen molar-refractivity contribution in [3.63, 3.8) is 0 Å². The van der Waals surface area contributed by atoms with Gasteiger partial charge in [-0.15, -0.1) is 45.5 Å². The molecule has 2 heterocycles. The van der Waals surface area contributed by atoms with Crippen LogP contribution in [-0.2, 0) is 20.0 Å². The molecule has 0 radical (unpaired) electrons. The SMILES string of the molecule is CCSC1CCC(NC(=NCc2nnc(C)n2C)NCCc2cccs2)C1.I. The van der Waals surface area contributed by atoms with Gasteiger partial charge in [0.1, 0.15) is 12.4 Å². The van der Waals surface area contributed by atoms with Crippen LogP contribution in [0.25, 0.3) is 0 Å². The summed E-state index contributed by atoms with van der Waals surface area (Å²) < 4.78 is 2.00. The summed E-state index contributed by atoms with van der Waals surface area (Å²) in [5.41, 5.74) is 0. The zero-order chi connectivity index (χ0) is 19.1. The fourth-order valence-electron chi connectivity index (χ4n) is 3.30. The first kappa shape index (κ1) is 23.5. The van der Waals surface area contributed by atoms with E-state index in [9.17, 15) is 0 Å². The van der Waals surface area contributed by atoms with Crippen LogP contribution in [0.4, 0.5) is 0 Å². The van der Waals surface area contributed by atoms with Gasteiger partial charge in [0.25, 0.3) is 0 Å². The van der Waals surface area contributed by atoms with Crippen molar-refractivity contribution in [3.05, 3.63) is 34.0 Å². The summed E-state index contributed by atoms with van der Waals surface area (Å²) in [6.45, 7) is 5.62. The van der Waals surface area contributed by atoms with Gasteiger partial charge in [-0.3, -0.25) is 0 Å². The second-order valence-corrected chi connectivity index (χ2v) is 9.48. The fourth-order valence-corrected chi connectivity index (χ4v) is 5.15. The summed E-state index contributed by atoms with van der Waals surface area (Å²) in [6.07, 6.45) is 4.74. The monoisotopic (exact) mass is 534 g/mol.